The zero-order chi connectivity index (χ0) is 27.1. The van der Waals surface area contributed by atoms with Gasteiger partial charge in [0.15, 0.2) is 0 Å². The Morgan fingerprint density at radius 1 is 0.872 bits per heavy atom. The summed E-state index contributed by atoms with van der Waals surface area (Å²) in [7, 11) is 0. The van der Waals surface area contributed by atoms with E-state index in [0.717, 1.165) is 16.9 Å². The van der Waals surface area contributed by atoms with Crippen LogP contribution in [0.25, 0.3) is 0 Å². The average molecular weight is 526 g/mol. The lowest BCUT2D eigenvalue weighted by Crippen LogP contribution is -2.57. The number of pyridine rings is 1. The van der Waals surface area contributed by atoms with Gasteiger partial charge in [-0.15, -0.1) is 0 Å². The Balaban J connectivity index is 1.22. The summed E-state index contributed by atoms with van der Waals surface area (Å²) >= 11 is 0. The first-order valence-corrected chi connectivity index (χ1v) is 13.7. The summed E-state index contributed by atoms with van der Waals surface area (Å²) in [6.45, 7) is 1.86. The summed E-state index contributed by atoms with van der Waals surface area (Å²) in [5.74, 6) is -0.102. The molecule has 0 saturated carbocycles. The Morgan fingerprint density at radius 3 is 2.26 bits per heavy atom. The summed E-state index contributed by atoms with van der Waals surface area (Å²) in [4.78, 5) is 49.6. The first-order chi connectivity index (χ1) is 19.0. The Hall–Kier alpha value is -4.20. The number of nitrogens with one attached hydrogen (secondary N) is 1. The number of amides is 3. The van der Waals surface area contributed by atoms with Gasteiger partial charge >= 0.3 is 0 Å². The van der Waals surface area contributed by atoms with Crippen molar-refractivity contribution >= 4 is 23.4 Å². The number of para-hydroxylation sites is 1. The number of carbonyl (C=O) groups excluding carboxylic acids is 3. The van der Waals surface area contributed by atoms with Gasteiger partial charge in [0.1, 0.15) is 12.1 Å². The van der Waals surface area contributed by atoms with E-state index in [9.17, 15) is 14.4 Å². The summed E-state index contributed by atoms with van der Waals surface area (Å²) in [5, 5.41) is 2.93. The number of aromatic nitrogens is 1. The van der Waals surface area contributed by atoms with E-state index in [1.165, 1.54) is 0 Å². The minimum Gasteiger partial charge on any atom is -0.354 e. The highest BCUT2D eigenvalue weighted by Gasteiger charge is 2.54. The Morgan fingerprint density at radius 2 is 1.56 bits per heavy atom. The summed E-state index contributed by atoms with van der Waals surface area (Å²) in [6, 6.07) is 25.6. The molecule has 1 aromatic heterocycles. The molecule has 0 atom stereocenters. The first-order valence-electron chi connectivity index (χ1n) is 13.7. The molecule has 202 valence electrons. The lowest BCUT2D eigenvalue weighted by molar-refractivity contribution is -0.140. The number of likely N-dealkylation sites (tertiary alicyclic amines) is 1. The average Bonchev–Trinajstić information content (AvgIpc) is 3.24. The Kier molecular flexibility index (Phi) is 8.20. The van der Waals surface area contributed by atoms with E-state index in [4.69, 9.17) is 0 Å². The molecule has 8 nitrogen and oxygen atoms in total. The van der Waals surface area contributed by atoms with Crippen molar-refractivity contribution in [1.82, 2.24) is 20.1 Å². The summed E-state index contributed by atoms with van der Waals surface area (Å²) < 4.78 is 0. The molecule has 2 saturated heterocycles. The van der Waals surface area contributed by atoms with Crippen LogP contribution in [0.3, 0.4) is 0 Å². The van der Waals surface area contributed by atoms with Crippen LogP contribution in [0, 0.1) is 0 Å². The molecule has 0 unspecified atom stereocenters. The minimum absolute atomic E-state index is 0.00581. The van der Waals surface area contributed by atoms with Crippen molar-refractivity contribution in [2.45, 2.75) is 37.6 Å². The topological polar surface area (TPSA) is 85.9 Å². The van der Waals surface area contributed by atoms with Crippen LogP contribution in [-0.2, 0) is 27.2 Å². The second kappa shape index (κ2) is 12.1. The molecule has 5 rings (SSSR count). The van der Waals surface area contributed by atoms with E-state index in [2.05, 4.69) is 15.2 Å². The zero-order valence-corrected chi connectivity index (χ0v) is 22.2. The molecular formula is C31H35N5O3. The van der Waals surface area contributed by atoms with Crippen molar-refractivity contribution in [2.75, 3.05) is 37.7 Å². The maximum Gasteiger partial charge on any atom is 0.250 e. The number of piperidine rings is 1. The fourth-order valence-electron chi connectivity index (χ4n) is 5.61. The number of aryl methyl sites for hydroxylation is 1. The standard InChI is InChI=1S/C31H35N5O3/c37-28(33-20-16-26-11-7-8-19-32-26)23-35-24-36(27-12-5-2-6-13-27)31(30(35)39)17-21-34(22-18-31)29(38)15-14-25-9-3-1-4-10-25/h1-13,19H,14-18,20-24H2,(H,33,37). The number of hydrogen-bond donors (Lipinski definition) is 1. The third-order valence-electron chi connectivity index (χ3n) is 7.76. The van der Waals surface area contributed by atoms with Crippen LogP contribution in [0.2, 0.25) is 0 Å². The molecule has 3 heterocycles. The SMILES string of the molecule is O=C(CN1CN(c2ccccc2)C2(CCN(C(=O)CCc3ccccc3)CC2)C1=O)NCCc1ccccn1. The minimum atomic E-state index is -0.758. The van der Waals surface area contributed by atoms with Gasteiger partial charge in [-0.1, -0.05) is 54.6 Å². The molecule has 2 fully saturated rings. The van der Waals surface area contributed by atoms with Crippen LogP contribution in [-0.4, -0.2) is 70.9 Å². The predicted molar refractivity (Wildman–Crippen MR) is 150 cm³/mol. The van der Waals surface area contributed by atoms with Gasteiger partial charge in [-0.2, -0.15) is 0 Å². The van der Waals surface area contributed by atoms with Gasteiger partial charge in [-0.3, -0.25) is 19.4 Å². The maximum atomic E-state index is 13.9. The maximum absolute atomic E-state index is 13.9. The number of hydrogen-bond acceptors (Lipinski definition) is 5. The molecule has 39 heavy (non-hydrogen) atoms. The van der Waals surface area contributed by atoms with E-state index in [1.54, 1.807) is 11.1 Å². The predicted octanol–water partition coefficient (Wildman–Crippen LogP) is 3.04. The molecule has 0 bridgehead atoms. The van der Waals surface area contributed by atoms with Gasteiger partial charge < -0.3 is 20.0 Å². The van der Waals surface area contributed by atoms with Gasteiger partial charge in [0, 0.05) is 50.1 Å². The van der Waals surface area contributed by atoms with Crippen molar-refractivity contribution < 1.29 is 14.4 Å². The molecule has 3 amide bonds. The first kappa shape index (κ1) is 26.4. The lowest BCUT2D eigenvalue weighted by atomic mass is 9.85. The third-order valence-corrected chi connectivity index (χ3v) is 7.76. The normalized spacial score (nSPS) is 16.5. The Labute approximate surface area is 229 Å². The highest BCUT2D eigenvalue weighted by molar-refractivity contribution is 5.96. The van der Waals surface area contributed by atoms with Crippen molar-refractivity contribution in [3.63, 3.8) is 0 Å². The van der Waals surface area contributed by atoms with Crippen LogP contribution < -0.4 is 10.2 Å². The van der Waals surface area contributed by atoms with Gasteiger partial charge in [0.05, 0.1) is 6.67 Å². The second-order valence-electron chi connectivity index (χ2n) is 10.2. The smallest absolute Gasteiger partial charge is 0.250 e. The largest absolute Gasteiger partial charge is 0.354 e. The third kappa shape index (κ3) is 6.11. The lowest BCUT2D eigenvalue weighted by Gasteiger charge is -2.43. The summed E-state index contributed by atoms with van der Waals surface area (Å²) in [6.07, 6.45) is 4.61. The van der Waals surface area contributed by atoms with Crippen molar-refractivity contribution in [3.05, 3.63) is 96.3 Å². The van der Waals surface area contributed by atoms with Crippen molar-refractivity contribution in [2.24, 2.45) is 0 Å². The van der Waals surface area contributed by atoms with Crippen LogP contribution in [0.15, 0.2) is 85.1 Å². The number of benzene rings is 2. The van der Waals surface area contributed by atoms with Gasteiger partial charge in [0.25, 0.3) is 5.91 Å². The van der Waals surface area contributed by atoms with Gasteiger partial charge in [0.2, 0.25) is 11.8 Å². The van der Waals surface area contributed by atoms with Gasteiger partial charge in [-0.25, -0.2) is 0 Å². The van der Waals surface area contributed by atoms with E-state index in [-0.39, 0.29) is 24.3 Å². The quantitative estimate of drug-likeness (QED) is 0.464. The van der Waals surface area contributed by atoms with E-state index in [1.807, 2.05) is 83.8 Å². The van der Waals surface area contributed by atoms with Crippen LogP contribution in [0.4, 0.5) is 5.69 Å². The monoisotopic (exact) mass is 525 g/mol. The van der Waals surface area contributed by atoms with E-state index >= 15 is 0 Å². The molecule has 2 aliphatic rings. The molecule has 0 radical (unpaired) electrons. The molecule has 8 heteroatoms. The number of anilines is 1. The van der Waals surface area contributed by atoms with Crippen molar-refractivity contribution in [1.29, 1.82) is 0 Å². The van der Waals surface area contributed by atoms with Gasteiger partial charge in [-0.05, 0) is 49.1 Å². The molecule has 1 N–H and O–H groups in total. The molecule has 0 aliphatic carbocycles. The van der Waals surface area contributed by atoms with Crippen LogP contribution in [0.5, 0.6) is 0 Å². The molecule has 2 aromatic carbocycles. The highest BCUT2D eigenvalue weighted by atomic mass is 16.2. The van der Waals surface area contributed by atoms with Crippen LogP contribution in [0.1, 0.15) is 30.5 Å². The molecule has 3 aromatic rings. The molecular weight excluding hydrogens is 490 g/mol. The molecule has 2 aliphatic heterocycles. The number of carbonyl (C=O) groups is 3. The van der Waals surface area contributed by atoms with E-state index < -0.39 is 5.54 Å². The molecule has 1 spiro atoms. The second-order valence-corrected chi connectivity index (χ2v) is 10.2. The zero-order valence-electron chi connectivity index (χ0n) is 22.2. The fourth-order valence-corrected chi connectivity index (χ4v) is 5.61. The van der Waals surface area contributed by atoms with Crippen LogP contribution >= 0.6 is 0 Å². The van der Waals surface area contributed by atoms with E-state index in [0.29, 0.717) is 58.4 Å². The highest BCUT2D eigenvalue weighted by Crippen LogP contribution is 2.39. The van der Waals surface area contributed by atoms with Crippen molar-refractivity contribution in [3.8, 4) is 0 Å². The Bertz CT molecular complexity index is 1260. The fraction of sp³-hybridized carbons (Fsp3) is 0.355. The summed E-state index contributed by atoms with van der Waals surface area (Å²) in [5.41, 5.74) is 2.25. The number of rotatable bonds is 9. The number of nitrogens with zero attached hydrogens (tertiary/aromatic N) is 4.